The smallest absolute Gasteiger partial charge is 0.240 e. The summed E-state index contributed by atoms with van der Waals surface area (Å²) in [5, 5.41) is 6.37. The molecular formula is C14H15N5S. The molecule has 0 unspecified atom stereocenters. The summed E-state index contributed by atoms with van der Waals surface area (Å²) in [5.41, 5.74) is 5.99. The lowest BCUT2D eigenvalue weighted by Gasteiger charge is -2.12. The predicted molar refractivity (Wildman–Crippen MR) is 84.4 cm³/mol. The van der Waals surface area contributed by atoms with E-state index in [0.29, 0.717) is 5.95 Å². The van der Waals surface area contributed by atoms with Crippen LogP contribution >= 0.6 is 11.3 Å². The Labute approximate surface area is 120 Å². The summed E-state index contributed by atoms with van der Waals surface area (Å²) in [4.78, 5) is 9.64. The molecule has 102 valence electrons. The molecule has 0 bridgehead atoms. The molecule has 0 atom stereocenters. The van der Waals surface area contributed by atoms with Crippen LogP contribution in [0, 0.1) is 13.8 Å². The average Bonchev–Trinajstić information content (AvgIpc) is 2.92. The molecule has 0 spiro atoms. The summed E-state index contributed by atoms with van der Waals surface area (Å²) < 4.78 is 0. The highest BCUT2D eigenvalue weighted by Crippen LogP contribution is 2.30. The molecule has 0 radical (unpaired) electrons. The van der Waals surface area contributed by atoms with Gasteiger partial charge in [-0.2, -0.15) is 4.98 Å². The quantitative estimate of drug-likeness (QED) is 0.508. The minimum absolute atomic E-state index is 0.410. The fraction of sp³-hybridized carbons (Fsp3) is 0.143. The number of thiophene rings is 1. The number of hydrogen-bond acceptors (Lipinski definition) is 6. The summed E-state index contributed by atoms with van der Waals surface area (Å²) in [5.74, 6) is 6.60. The number of aromatic nitrogens is 2. The van der Waals surface area contributed by atoms with Gasteiger partial charge in [-0.05, 0) is 42.5 Å². The first-order valence-corrected chi connectivity index (χ1v) is 7.12. The molecule has 6 heteroatoms. The number of rotatable bonds is 3. The van der Waals surface area contributed by atoms with E-state index in [1.54, 1.807) is 11.3 Å². The van der Waals surface area contributed by atoms with E-state index in [-0.39, 0.29) is 0 Å². The molecule has 4 N–H and O–H groups in total. The lowest BCUT2D eigenvalue weighted by Crippen LogP contribution is -2.11. The van der Waals surface area contributed by atoms with Crippen LogP contribution in [0.1, 0.15) is 11.1 Å². The molecule has 0 aliphatic rings. The van der Waals surface area contributed by atoms with Gasteiger partial charge in [0, 0.05) is 5.69 Å². The Kier molecular flexibility index (Phi) is 3.25. The van der Waals surface area contributed by atoms with Gasteiger partial charge in [-0.3, -0.25) is 5.43 Å². The Bertz CT molecular complexity index is 765. The summed E-state index contributed by atoms with van der Waals surface area (Å²) in [6.07, 6.45) is 0. The first kappa shape index (κ1) is 12.8. The van der Waals surface area contributed by atoms with Crippen molar-refractivity contribution in [2.45, 2.75) is 13.8 Å². The van der Waals surface area contributed by atoms with Gasteiger partial charge in [-0.25, -0.2) is 10.8 Å². The van der Waals surface area contributed by atoms with Crippen molar-refractivity contribution in [3.05, 3.63) is 40.8 Å². The van der Waals surface area contributed by atoms with Crippen LogP contribution in [0.2, 0.25) is 0 Å². The molecule has 3 rings (SSSR count). The number of nitrogens with two attached hydrogens (primary N) is 1. The van der Waals surface area contributed by atoms with E-state index in [1.165, 1.54) is 11.1 Å². The third-order valence-electron chi connectivity index (χ3n) is 3.31. The van der Waals surface area contributed by atoms with Gasteiger partial charge in [-0.15, -0.1) is 11.3 Å². The van der Waals surface area contributed by atoms with Crippen molar-refractivity contribution < 1.29 is 0 Å². The molecule has 0 aliphatic heterocycles. The zero-order valence-corrected chi connectivity index (χ0v) is 12.1. The van der Waals surface area contributed by atoms with Crippen molar-refractivity contribution in [2.75, 3.05) is 10.7 Å². The molecule has 1 aromatic carbocycles. The zero-order chi connectivity index (χ0) is 14.1. The standard InChI is InChI=1S/C14H15N5S/c1-8-4-3-5-11(9(8)2)16-12-10-6-7-20-13(10)18-14(17-12)19-15/h3-7H,15H2,1-2H3,(H2,16,17,18,19). The van der Waals surface area contributed by atoms with Crippen LogP contribution in [0.3, 0.4) is 0 Å². The maximum absolute atomic E-state index is 5.43. The van der Waals surface area contributed by atoms with E-state index in [1.807, 2.05) is 23.6 Å². The molecule has 0 saturated carbocycles. The number of benzene rings is 1. The van der Waals surface area contributed by atoms with Crippen molar-refractivity contribution >= 4 is 39.0 Å². The predicted octanol–water partition coefficient (Wildman–Crippen LogP) is 3.34. The van der Waals surface area contributed by atoms with Gasteiger partial charge in [0.15, 0.2) is 0 Å². The molecule has 0 aliphatic carbocycles. The lowest BCUT2D eigenvalue weighted by atomic mass is 10.1. The van der Waals surface area contributed by atoms with Crippen molar-refractivity contribution in [3.63, 3.8) is 0 Å². The topological polar surface area (TPSA) is 75.9 Å². The van der Waals surface area contributed by atoms with E-state index >= 15 is 0 Å². The lowest BCUT2D eigenvalue weighted by molar-refractivity contribution is 1.16. The first-order chi connectivity index (χ1) is 9.69. The zero-order valence-electron chi connectivity index (χ0n) is 11.3. The van der Waals surface area contributed by atoms with Crippen LogP contribution in [0.25, 0.3) is 10.2 Å². The van der Waals surface area contributed by atoms with E-state index in [0.717, 1.165) is 21.7 Å². The van der Waals surface area contributed by atoms with Crippen LogP contribution < -0.4 is 16.6 Å². The van der Waals surface area contributed by atoms with Crippen molar-refractivity contribution in [1.82, 2.24) is 9.97 Å². The third-order valence-corrected chi connectivity index (χ3v) is 4.12. The fourth-order valence-corrected chi connectivity index (χ4v) is 2.79. The molecule has 3 aromatic rings. The van der Waals surface area contributed by atoms with Gasteiger partial charge in [0.1, 0.15) is 10.6 Å². The number of nitrogens with zero attached hydrogens (tertiary/aromatic N) is 2. The van der Waals surface area contributed by atoms with Gasteiger partial charge >= 0.3 is 0 Å². The van der Waals surface area contributed by atoms with Crippen LogP contribution in [0.4, 0.5) is 17.5 Å². The number of hydrazine groups is 1. The monoisotopic (exact) mass is 285 g/mol. The molecular weight excluding hydrogens is 270 g/mol. The van der Waals surface area contributed by atoms with E-state index in [4.69, 9.17) is 5.84 Å². The normalized spacial score (nSPS) is 10.8. The third kappa shape index (κ3) is 2.19. The highest BCUT2D eigenvalue weighted by Gasteiger charge is 2.10. The SMILES string of the molecule is Cc1cccc(Nc2nc(NN)nc3sccc23)c1C. The van der Waals surface area contributed by atoms with Crippen LogP contribution in [0.5, 0.6) is 0 Å². The second-order valence-electron chi connectivity index (χ2n) is 4.55. The van der Waals surface area contributed by atoms with E-state index in [9.17, 15) is 0 Å². The molecule has 2 heterocycles. The molecule has 0 fully saturated rings. The van der Waals surface area contributed by atoms with Crippen molar-refractivity contribution in [1.29, 1.82) is 0 Å². The number of anilines is 3. The Morgan fingerprint density at radius 2 is 2.00 bits per heavy atom. The summed E-state index contributed by atoms with van der Waals surface area (Å²) in [6.45, 7) is 4.18. The number of fused-ring (bicyclic) bond motifs is 1. The summed E-state index contributed by atoms with van der Waals surface area (Å²) in [7, 11) is 0. The van der Waals surface area contributed by atoms with E-state index < -0.39 is 0 Å². The molecule has 5 nitrogen and oxygen atoms in total. The highest BCUT2D eigenvalue weighted by atomic mass is 32.1. The Balaban J connectivity index is 2.10. The first-order valence-electron chi connectivity index (χ1n) is 6.24. The maximum Gasteiger partial charge on any atom is 0.240 e. The Morgan fingerprint density at radius 3 is 2.80 bits per heavy atom. The maximum atomic E-state index is 5.43. The number of nitrogen functional groups attached to an aromatic ring is 1. The number of aryl methyl sites for hydroxylation is 1. The van der Waals surface area contributed by atoms with Gasteiger partial charge in [-0.1, -0.05) is 12.1 Å². The molecule has 20 heavy (non-hydrogen) atoms. The molecule has 0 amide bonds. The van der Waals surface area contributed by atoms with Gasteiger partial charge in [0.25, 0.3) is 0 Å². The second-order valence-corrected chi connectivity index (χ2v) is 5.45. The Morgan fingerprint density at radius 1 is 1.15 bits per heavy atom. The van der Waals surface area contributed by atoms with Crippen LogP contribution in [-0.4, -0.2) is 9.97 Å². The Hall–Kier alpha value is -2.18. The van der Waals surface area contributed by atoms with E-state index in [2.05, 4.69) is 40.6 Å². The summed E-state index contributed by atoms with van der Waals surface area (Å²) >= 11 is 1.56. The fourth-order valence-electron chi connectivity index (χ4n) is 2.03. The summed E-state index contributed by atoms with van der Waals surface area (Å²) in [6, 6.07) is 8.16. The number of nitrogens with one attached hydrogen (secondary N) is 2. The van der Waals surface area contributed by atoms with Gasteiger partial charge in [0.05, 0.1) is 5.39 Å². The van der Waals surface area contributed by atoms with Gasteiger partial charge < -0.3 is 5.32 Å². The minimum Gasteiger partial charge on any atom is -0.339 e. The van der Waals surface area contributed by atoms with Crippen LogP contribution in [-0.2, 0) is 0 Å². The highest BCUT2D eigenvalue weighted by molar-refractivity contribution is 7.16. The second kappa shape index (κ2) is 5.07. The molecule has 0 saturated heterocycles. The largest absolute Gasteiger partial charge is 0.339 e. The minimum atomic E-state index is 0.410. The van der Waals surface area contributed by atoms with Crippen LogP contribution in [0.15, 0.2) is 29.6 Å². The average molecular weight is 285 g/mol. The molecule has 2 aromatic heterocycles. The van der Waals surface area contributed by atoms with Gasteiger partial charge in [0.2, 0.25) is 5.95 Å². The number of hydrogen-bond donors (Lipinski definition) is 3. The van der Waals surface area contributed by atoms with Crippen molar-refractivity contribution in [3.8, 4) is 0 Å². The van der Waals surface area contributed by atoms with Crippen molar-refractivity contribution in [2.24, 2.45) is 5.84 Å².